The summed E-state index contributed by atoms with van der Waals surface area (Å²) >= 11 is 0. The molecule has 0 saturated carbocycles. The molecule has 0 amide bonds. The minimum atomic E-state index is -0.631. The molecular formula is C27H42O5. The number of rotatable bonds is 6. The van der Waals surface area contributed by atoms with Crippen LogP contribution >= 0.6 is 0 Å². The molecule has 180 valence electrons. The van der Waals surface area contributed by atoms with Gasteiger partial charge in [-0.05, 0) is 67.7 Å². The number of carbonyl (C=O) groups excluding carboxylic acids is 1. The number of aryl methyl sites for hydroxylation is 2. The van der Waals surface area contributed by atoms with Gasteiger partial charge in [0.2, 0.25) is 0 Å². The molecule has 1 saturated heterocycles. The Balaban J connectivity index is 1.77. The van der Waals surface area contributed by atoms with Crippen LogP contribution in [-0.2, 0) is 20.6 Å². The van der Waals surface area contributed by atoms with Gasteiger partial charge in [-0.25, -0.2) is 4.79 Å². The Morgan fingerprint density at radius 1 is 1.19 bits per heavy atom. The van der Waals surface area contributed by atoms with Gasteiger partial charge in [0.15, 0.2) is 0 Å². The number of benzene rings is 1. The molecule has 7 unspecified atom stereocenters. The molecule has 0 spiro atoms. The third kappa shape index (κ3) is 4.62. The topological polar surface area (TPSA) is 65.0 Å². The summed E-state index contributed by atoms with van der Waals surface area (Å²) in [6, 6.07) is 2.05. The van der Waals surface area contributed by atoms with E-state index in [0.717, 1.165) is 23.1 Å². The molecular weight excluding hydrogens is 404 g/mol. The van der Waals surface area contributed by atoms with Crippen LogP contribution in [0.2, 0.25) is 0 Å². The maximum atomic E-state index is 12.9. The molecule has 0 radical (unpaired) electrons. The second kappa shape index (κ2) is 9.44. The highest BCUT2D eigenvalue weighted by Crippen LogP contribution is 2.44. The van der Waals surface area contributed by atoms with E-state index in [1.54, 1.807) is 7.11 Å². The monoisotopic (exact) mass is 446 g/mol. The molecule has 32 heavy (non-hydrogen) atoms. The summed E-state index contributed by atoms with van der Waals surface area (Å²) in [6.45, 7) is 16.8. The molecule has 1 fully saturated rings. The van der Waals surface area contributed by atoms with E-state index in [1.807, 2.05) is 20.8 Å². The molecule has 3 rings (SSSR count). The second-order valence-corrected chi connectivity index (χ2v) is 10.9. The van der Waals surface area contributed by atoms with Crippen molar-refractivity contribution in [2.75, 3.05) is 7.11 Å². The smallest absolute Gasteiger partial charge is 0.338 e. The van der Waals surface area contributed by atoms with Crippen LogP contribution in [0.15, 0.2) is 6.07 Å². The average molecular weight is 447 g/mol. The van der Waals surface area contributed by atoms with Gasteiger partial charge in [0, 0.05) is 25.9 Å². The molecule has 2 aliphatic heterocycles. The van der Waals surface area contributed by atoms with Crippen molar-refractivity contribution in [1.29, 1.82) is 0 Å². The highest BCUT2D eigenvalue weighted by Gasteiger charge is 2.46. The van der Waals surface area contributed by atoms with Crippen molar-refractivity contribution in [1.82, 2.24) is 0 Å². The Hall–Kier alpha value is -1.43. The first-order chi connectivity index (χ1) is 14.9. The van der Waals surface area contributed by atoms with E-state index in [2.05, 4.69) is 40.7 Å². The van der Waals surface area contributed by atoms with Gasteiger partial charge < -0.3 is 19.3 Å². The van der Waals surface area contributed by atoms with Crippen molar-refractivity contribution in [2.24, 2.45) is 17.3 Å². The molecule has 0 aliphatic carbocycles. The second-order valence-electron chi connectivity index (χ2n) is 10.9. The van der Waals surface area contributed by atoms with Gasteiger partial charge in [-0.1, -0.05) is 33.8 Å². The number of hydrogen-bond acceptors (Lipinski definition) is 5. The highest BCUT2D eigenvalue weighted by atomic mass is 16.5. The number of cyclic esters (lactones) is 1. The van der Waals surface area contributed by atoms with Crippen LogP contribution in [0.1, 0.15) is 80.1 Å². The lowest BCUT2D eigenvalue weighted by Crippen LogP contribution is -2.51. The summed E-state index contributed by atoms with van der Waals surface area (Å²) in [5.41, 5.74) is 5.01. The van der Waals surface area contributed by atoms with Crippen LogP contribution in [0, 0.1) is 38.0 Å². The van der Waals surface area contributed by atoms with E-state index in [0.29, 0.717) is 24.3 Å². The third-order valence-corrected chi connectivity index (χ3v) is 8.61. The molecule has 1 aromatic rings. The van der Waals surface area contributed by atoms with Crippen LogP contribution in [0.4, 0.5) is 0 Å². The number of hydrogen-bond donors (Lipinski definition) is 1. The Morgan fingerprint density at radius 2 is 1.84 bits per heavy atom. The third-order valence-electron chi connectivity index (χ3n) is 8.61. The number of esters is 1. The summed E-state index contributed by atoms with van der Waals surface area (Å²) in [5.74, 6) is -0.0191. The first-order valence-corrected chi connectivity index (χ1v) is 12.0. The zero-order valence-corrected chi connectivity index (χ0v) is 21.3. The lowest BCUT2D eigenvalue weighted by Gasteiger charge is -2.49. The summed E-state index contributed by atoms with van der Waals surface area (Å²) in [5, 5.41) is 11.2. The summed E-state index contributed by atoms with van der Waals surface area (Å²) in [6.07, 6.45) is 1.06. The van der Waals surface area contributed by atoms with Gasteiger partial charge in [-0.3, -0.25) is 0 Å². The normalized spacial score (nSPS) is 30.2. The first kappa shape index (κ1) is 25.2. The van der Waals surface area contributed by atoms with E-state index < -0.39 is 6.10 Å². The predicted octanol–water partition coefficient (Wildman–Crippen LogP) is 4.94. The fourth-order valence-corrected chi connectivity index (χ4v) is 5.35. The molecule has 2 heterocycles. The number of methoxy groups -OCH3 is 1. The van der Waals surface area contributed by atoms with E-state index >= 15 is 0 Å². The Bertz CT molecular complexity index is 845. The first-order valence-electron chi connectivity index (χ1n) is 12.0. The van der Waals surface area contributed by atoms with Gasteiger partial charge in [0.1, 0.15) is 6.10 Å². The van der Waals surface area contributed by atoms with Crippen LogP contribution in [0.3, 0.4) is 0 Å². The zero-order valence-electron chi connectivity index (χ0n) is 21.3. The Kier molecular flexibility index (Phi) is 7.43. The number of carbonyl (C=O) groups is 1. The lowest BCUT2D eigenvalue weighted by atomic mass is 9.68. The van der Waals surface area contributed by atoms with Crippen molar-refractivity contribution in [3.63, 3.8) is 0 Å². The summed E-state index contributed by atoms with van der Waals surface area (Å²) < 4.78 is 17.9. The average Bonchev–Trinajstić information content (AvgIpc) is 2.73. The molecule has 5 heteroatoms. The van der Waals surface area contributed by atoms with Gasteiger partial charge in [-0.15, -0.1) is 0 Å². The maximum absolute atomic E-state index is 12.9. The Morgan fingerprint density at radius 3 is 2.47 bits per heavy atom. The van der Waals surface area contributed by atoms with Crippen LogP contribution in [-0.4, -0.2) is 48.7 Å². The van der Waals surface area contributed by atoms with E-state index in [1.165, 1.54) is 5.56 Å². The van der Waals surface area contributed by atoms with E-state index in [4.69, 9.17) is 14.2 Å². The largest absolute Gasteiger partial charge is 0.458 e. The van der Waals surface area contributed by atoms with Gasteiger partial charge in [0.05, 0.1) is 30.0 Å². The fraction of sp³-hybridized carbons (Fsp3) is 0.741. The molecule has 1 N–H and O–H groups in total. The van der Waals surface area contributed by atoms with E-state index in [9.17, 15) is 9.90 Å². The van der Waals surface area contributed by atoms with Crippen molar-refractivity contribution in [2.45, 2.75) is 105 Å². The van der Waals surface area contributed by atoms with Gasteiger partial charge >= 0.3 is 5.97 Å². The number of aliphatic hydroxyl groups excluding tert-OH is 1. The molecule has 1 aromatic carbocycles. The van der Waals surface area contributed by atoms with Crippen molar-refractivity contribution in [3.05, 3.63) is 33.9 Å². The highest BCUT2D eigenvalue weighted by molar-refractivity contribution is 5.94. The van der Waals surface area contributed by atoms with Crippen LogP contribution in [0.25, 0.3) is 0 Å². The van der Waals surface area contributed by atoms with Crippen molar-refractivity contribution >= 4 is 5.97 Å². The molecule has 2 aliphatic rings. The Labute approximate surface area is 193 Å². The van der Waals surface area contributed by atoms with Crippen molar-refractivity contribution < 1.29 is 24.1 Å². The molecule has 5 nitrogen and oxygen atoms in total. The van der Waals surface area contributed by atoms with Crippen LogP contribution < -0.4 is 0 Å². The summed E-state index contributed by atoms with van der Waals surface area (Å²) in [4.78, 5) is 12.9. The number of fused-ring (bicyclic) bond motifs is 1. The lowest BCUT2D eigenvalue weighted by molar-refractivity contribution is -0.189. The quantitative estimate of drug-likeness (QED) is 0.628. The standard InChI is InChI=1S/C27H42O5/c1-14-10-15(2)25-20(17(14)4)12-22(32-26(25)29)18(5)21(28)13-24-27(7,8)16(3)11-23(31-24)19(6)30-9/h10,16,18-19,21-24,28H,11-13H2,1-9H3. The maximum Gasteiger partial charge on any atom is 0.338 e. The van der Waals surface area contributed by atoms with Gasteiger partial charge in [-0.2, -0.15) is 0 Å². The molecule has 0 aromatic heterocycles. The minimum Gasteiger partial charge on any atom is -0.458 e. The fourth-order valence-electron chi connectivity index (χ4n) is 5.35. The van der Waals surface area contributed by atoms with Crippen LogP contribution in [0.5, 0.6) is 0 Å². The van der Waals surface area contributed by atoms with Gasteiger partial charge in [0.25, 0.3) is 0 Å². The van der Waals surface area contributed by atoms with E-state index in [-0.39, 0.29) is 41.7 Å². The minimum absolute atomic E-state index is 0.0101. The zero-order chi connectivity index (χ0) is 24.0. The number of aliphatic hydroxyl groups is 1. The number of ether oxygens (including phenoxy) is 3. The predicted molar refractivity (Wildman–Crippen MR) is 126 cm³/mol. The SMILES string of the molecule is COC(C)C1CC(C)C(C)(C)C(CC(O)C(C)C2Cc3c(C)c(C)cc(C)c3C(=O)O2)O1. The molecule has 7 atom stereocenters. The molecule has 0 bridgehead atoms. The van der Waals surface area contributed by atoms with Crippen molar-refractivity contribution in [3.8, 4) is 0 Å². The summed E-state index contributed by atoms with van der Waals surface area (Å²) in [7, 11) is 1.71.